The molecule has 1 N–H and O–H groups in total. The fourth-order valence-corrected chi connectivity index (χ4v) is 1.73. The summed E-state index contributed by atoms with van der Waals surface area (Å²) in [4.78, 5) is 0. The van der Waals surface area contributed by atoms with Crippen molar-refractivity contribution in [2.75, 3.05) is 0 Å². The molecule has 76 valence electrons. The van der Waals surface area contributed by atoms with Gasteiger partial charge < -0.3 is 0 Å². The first-order chi connectivity index (χ1) is 7.27. The van der Waals surface area contributed by atoms with Crippen LogP contribution in [0.15, 0.2) is 30.5 Å². The average Bonchev–Trinajstić information content (AvgIpc) is 2.70. The minimum atomic E-state index is 0.634. The highest BCUT2D eigenvalue weighted by Gasteiger charge is 2.00. The van der Waals surface area contributed by atoms with Crippen LogP contribution in [0, 0.1) is 0 Å². The van der Waals surface area contributed by atoms with Gasteiger partial charge in [0.1, 0.15) is 0 Å². The van der Waals surface area contributed by atoms with Crippen molar-refractivity contribution >= 4 is 35.4 Å². The van der Waals surface area contributed by atoms with Crippen molar-refractivity contribution in [3.05, 3.63) is 51.8 Å². The number of aromatic amines is 1. The van der Waals surface area contributed by atoms with Crippen LogP contribution in [0.25, 0.3) is 12.2 Å². The molecule has 0 radical (unpaired) electrons. The second kappa shape index (κ2) is 4.51. The zero-order valence-corrected chi connectivity index (χ0v) is 9.26. The summed E-state index contributed by atoms with van der Waals surface area (Å²) in [5, 5.41) is 7.99. The third-order valence-electron chi connectivity index (χ3n) is 1.94. The molecule has 0 saturated heterocycles. The second-order valence-electron chi connectivity index (χ2n) is 2.97. The lowest BCUT2D eigenvalue weighted by atomic mass is 10.2. The van der Waals surface area contributed by atoms with E-state index in [1.54, 1.807) is 18.3 Å². The number of halogens is 2. The molecule has 2 nitrogen and oxygen atoms in total. The molecule has 2 rings (SSSR count). The molecule has 2 aromatic rings. The van der Waals surface area contributed by atoms with Gasteiger partial charge in [-0.05, 0) is 30.4 Å². The quantitative estimate of drug-likeness (QED) is 0.846. The molecule has 0 saturated carbocycles. The van der Waals surface area contributed by atoms with Crippen molar-refractivity contribution in [1.82, 2.24) is 10.2 Å². The smallest absolute Gasteiger partial charge is 0.0848 e. The minimum absolute atomic E-state index is 0.634. The van der Waals surface area contributed by atoms with Gasteiger partial charge in [0.15, 0.2) is 0 Å². The van der Waals surface area contributed by atoms with Crippen LogP contribution in [0.1, 0.15) is 11.3 Å². The number of H-pyrrole nitrogens is 1. The van der Waals surface area contributed by atoms with E-state index in [1.807, 2.05) is 24.3 Å². The number of benzene rings is 1. The normalized spacial score (nSPS) is 11.1. The highest BCUT2D eigenvalue weighted by molar-refractivity contribution is 6.37. The van der Waals surface area contributed by atoms with Gasteiger partial charge in [-0.1, -0.05) is 29.3 Å². The first-order valence-electron chi connectivity index (χ1n) is 4.39. The molecule has 1 heterocycles. The summed E-state index contributed by atoms with van der Waals surface area (Å²) in [7, 11) is 0. The summed E-state index contributed by atoms with van der Waals surface area (Å²) < 4.78 is 0. The number of nitrogens with zero attached hydrogens (tertiary/aromatic N) is 1. The largest absolute Gasteiger partial charge is 0.285 e. The van der Waals surface area contributed by atoms with Crippen LogP contribution in [-0.2, 0) is 0 Å². The Morgan fingerprint density at radius 3 is 2.40 bits per heavy atom. The van der Waals surface area contributed by atoms with Gasteiger partial charge in [-0.25, -0.2) is 0 Å². The number of hydrogen-bond donors (Lipinski definition) is 1. The van der Waals surface area contributed by atoms with E-state index in [0.29, 0.717) is 10.0 Å². The first-order valence-corrected chi connectivity index (χ1v) is 5.15. The van der Waals surface area contributed by atoms with Crippen molar-refractivity contribution in [1.29, 1.82) is 0 Å². The SMILES string of the molecule is Clc1cccc(Cl)c1/C=C\c1cc[nH]n1. The summed E-state index contributed by atoms with van der Waals surface area (Å²) in [5.74, 6) is 0. The van der Waals surface area contributed by atoms with Crippen molar-refractivity contribution in [2.24, 2.45) is 0 Å². The molecule has 0 aliphatic heterocycles. The third kappa shape index (κ3) is 2.41. The molecule has 0 amide bonds. The number of rotatable bonds is 2. The Labute approximate surface area is 97.5 Å². The lowest BCUT2D eigenvalue weighted by Crippen LogP contribution is -1.77. The standard InChI is InChI=1S/C11H8Cl2N2/c12-10-2-1-3-11(13)9(10)5-4-8-6-7-14-15-8/h1-7H,(H,14,15)/b5-4-. The van der Waals surface area contributed by atoms with E-state index < -0.39 is 0 Å². The highest BCUT2D eigenvalue weighted by atomic mass is 35.5. The van der Waals surface area contributed by atoms with Crippen LogP contribution in [0.5, 0.6) is 0 Å². The maximum atomic E-state index is 6.01. The maximum absolute atomic E-state index is 6.01. The molecular weight excluding hydrogens is 231 g/mol. The summed E-state index contributed by atoms with van der Waals surface area (Å²) in [6.45, 7) is 0. The van der Waals surface area contributed by atoms with E-state index in [2.05, 4.69) is 10.2 Å². The molecule has 0 aliphatic rings. The lowest BCUT2D eigenvalue weighted by Gasteiger charge is -1.99. The maximum Gasteiger partial charge on any atom is 0.0848 e. The predicted octanol–water partition coefficient (Wildman–Crippen LogP) is 3.89. The highest BCUT2D eigenvalue weighted by Crippen LogP contribution is 2.25. The molecule has 15 heavy (non-hydrogen) atoms. The molecule has 0 spiro atoms. The van der Waals surface area contributed by atoms with E-state index in [-0.39, 0.29) is 0 Å². The van der Waals surface area contributed by atoms with Gasteiger partial charge in [0.2, 0.25) is 0 Å². The van der Waals surface area contributed by atoms with Gasteiger partial charge in [0.25, 0.3) is 0 Å². The van der Waals surface area contributed by atoms with Crippen molar-refractivity contribution in [3.63, 3.8) is 0 Å². The molecule has 0 atom stereocenters. The number of hydrogen-bond acceptors (Lipinski definition) is 1. The lowest BCUT2D eigenvalue weighted by molar-refractivity contribution is 1.08. The summed E-state index contributed by atoms with van der Waals surface area (Å²) in [6.07, 6.45) is 5.46. The Morgan fingerprint density at radius 2 is 1.80 bits per heavy atom. The fraction of sp³-hybridized carbons (Fsp3) is 0. The van der Waals surface area contributed by atoms with Crippen molar-refractivity contribution in [3.8, 4) is 0 Å². The second-order valence-corrected chi connectivity index (χ2v) is 3.78. The molecule has 1 aromatic heterocycles. The molecule has 1 aromatic carbocycles. The third-order valence-corrected chi connectivity index (χ3v) is 2.60. The van der Waals surface area contributed by atoms with Gasteiger partial charge in [-0.2, -0.15) is 5.10 Å². The van der Waals surface area contributed by atoms with Crippen LogP contribution in [-0.4, -0.2) is 10.2 Å². The monoisotopic (exact) mass is 238 g/mol. The summed E-state index contributed by atoms with van der Waals surface area (Å²) >= 11 is 12.0. The van der Waals surface area contributed by atoms with Crippen LogP contribution in [0.3, 0.4) is 0 Å². The Bertz CT molecular complexity index is 455. The Kier molecular flexibility index (Phi) is 3.09. The Balaban J connectivity index is 2.32. The van der Waals surface area contributed by atoms with Gasteiger partial charge in [-0.15, -0.1) is 0 Å². The van der Waals surface area contributed by atoms with Crippen LogP contribution in [0.2, 0.25) is 10.0 Å². The van der Waals surface area contributed by atoms with Gasteiger partial charge in [0.05, 0.1) is 5.69 Å². The van der Waals surface area contributed by atoms with Crippen LogP contribution < -0.4 is 0 Å². The zero-order chi connectivity index (χ0) is 10.7. The van der Waals surface area contributed by atoms with Crippen LogP contribution in [0.4, 0.5) is 0 Å². The zero-order valence-electron chi connectivity index (χ0n) is 7.74. The van der Waals surface area contributed by atoms with E-state index in [0.717, 1.165) is 11.3 Å². The molecular formula is C11H8Cl2N2. The average molecular weight is 239 g/mol. The first kappa shape index (κ1) is 10.3. The molecule has 4 heteroatoms. The van der Waals surface area contributed by atoms with E-state index in [4.69, 9.17) is 23.2 Å². The molecule has 0 fully saturated rings. The topological polar surface area (TPSA) is 28.7 Å². The molecule has 0 unspecified atom stereocenters. The minimum Gasteiger partial charge on any atom is -0.285 e. The molecule has 0 bridgehead atoms. The van der Waals surface area contributed by atoms with Crippen molar-refractivity contribution in [2.45, 2.75) is 0 Å². The van der Waals surface area contributed by atoms with E-state index in [9.17, 15) is 0 Å². The number of aromatic nitrogens is 2. The van der Waals surface area contributed by atoms with E-state index in [1.165, 1.54) is 0 Å². The predicted molar refractivity (Wildman–Crippen MR) is 64.0 cm³/mol. The Morgan fingerprint density at radius 1 is 1.07 bits per heavy atom. The van der Waals surface area contributed by atoms with Gasteiger partial charge >= 0.3 is 0 Å². The van der Waals surface area contributed by atoms with E-state index >= 15 is 0 Å². The van der Waals surface area contributed by atoms with Gasteiger partial charge in [0, 0.05) is 21.8 Å². The number of nitrogens with one attached hydrogen (secondary N) is 1. The summed E-state index contributed by atoms with van der Waals surface area (Å²) in [6, 6.07) is 7.28. The van der Waals surface area contributed by atoms with Crippen molar-refractivity contribution < 1.29 is 0 Å². The van der Waals surface area contributed by atoms with Gasteiger partial charge in [-0.3, -0.25) is 5.10 Å². The Hall–Kier alpha value is -1.25. The van der Waals surface area contributed by atoms with Crippen LogP contribution >= 0.6 is 23.2 Å². The fourth-order valence-electron chi connectivity index (χ4n) is 1.20. The molecule has 0 aliphatic carbocycles. The summed E-state index contributed by atoms with van der Waals surface area (Å²) in [5.41, 5.74) is 1.65.